The predicted octanol–water partition coefficient (Wildman–Crippen LogP) is 3.37. The average molecular weight is 270 g/mol. The predicted molar refractivity (Wildman–Crippen MR) is 79.1 cm³/mol. The summed E-state index contributed by atoms with van der Waals surface area (Å²) in [7, 11) is 0. The van der Waals surface area contributed by atoms with Gasteiger partial charge in [-0.25, -0.2) is 0 Å². The maximum Gasteiger partial charge on any atom is 0.134 e. The van der Waals surface area contributed by atoms with Crippen LogP contribution in [-0.2, 0) is 6.54 Å². The van der Waals surface area contributed by atoms with E-state index in [-0.39, 0.29) is 0 Å². The van der Waals surface area contributed by atoms with Crippen molar-refractivity contribution in [2.45, 2.75) is 59.5 Å². The van der Waals surface area contributed by atoms with Gasteiger partial charge in [-0.15, -0.1) is 5.10 Å². The first kappa shape index (κ1) is 15.4. The third-order valence-electron chi connectivity index (χ3n) is 3.03. The van der Waals surface area contributed by atoms with Crippen LogP contribution in [0.2, 0.25) is 0 Å². The number of unbranched alkanes of at least 4 members (excludes halogenated alkanes) is 2. The van der Waals surface area contributed by atoms with Crippen molar-refractivity contribution in [3.05, 3.63) is 5.69 Å². The van der Waals surface area contributed by atoms with Crippen LogP contribution in [0.15, 0.2) is 0 Å². The molecule has 4 nitrogen and oxygen atoms in total. The van der Waals surface area contributed by atoms with Crippen molar-refractivity contribution in [3.63, 3.8) is 0 Å². The van der Waals surface area contributed by atoms with Crippen LogP contribution in [-0.4, -0.2) is 33.6 Å². The lowest BCUT2D eigenvalue weighted by Gasteiger charge is -2.25. The molecule has 0 aliphatic heterocycles. The Labute approximate surface area is 115 Å². The Kier molecular flexibility index (Phi) is 7.20. The number of nitrogens with one attached hydrogen (secondary N) is 1. The third kappa shape index (κ3) is 4.90. The lowest BCUT2D eigenvalue weighted by atomic mass is 10.2. The molecule has 0 amide bonds. The summed E-state index contributed by atoms with van der Waals surface area (Å²) in [6, 6.07) is 0.554. The zero-order valence-electron chi connectivity index (χ0n) is 12.1. The molecule has 1 aromatic rings. The zero-order valence-corrected chi connectivity index (χ0v) is 12.9. The number of rotatable bonds is 9. The normalized spacial score (nSPS) is 11.4. The topological polar surface area (TPSA) is 41.1 Å². The SMILES string of the molecule is CCCCCN(Cc1nnsc1NCC)C(C)C. The van der Waals surface area contributed by atoms with Crippen LogP contribution in [0.1, 0.15) is 52.7 Å². The van der Waals surface area contributed by atoms with Gasteiger partial charge in [-0.2, -0.15) is 0 Å². The third-order valence-corrected chi connectivity index (χ3v) is 3.75. The highest BCUT2D eigenvalue weighted by Gasteiger charge is 2.14. The lowest BCUT2D eigenvalue weighted by molar-refractivity contribution is 0.206. The summed E-state index contributed by atoms with van der Waals surface area (Å²) in [6.07, 6.45) is 3.84. The number of hydrogen-bond donors (Lipinski definition) is 1. The van der Waals surface area contributed by atoms with Crippen LogP contribution in [0.3, 0.4) is 0 Å². The van der Waals surface area contributed by atoms with E-state index in [0.29, 0.717) is 6.04 Å². The fourth-order valence-corrected chi connectivity index (χ4v) is 2.52. The van der Waals surface area contributed by atoms with Crippen molar-refractivity contribution >= 4 is 16.5 Å². The summed E-state index contributed by atoms with van der Waals surface area (Å²) in [4.78, 5) is 2.48. The molecule has 0 aliphatic carbocycles. The number of nitrogens with zero attached hydrogens (tertiary/aromatic N) is 3. The monoisotopic (exact) mass is 270 g/mol. The Morgan fingerprint density at radius 3 is 2.67 bits per heavy atom. The van der Waals surface area contributed by atoms with Gasteiger partial charge in [-0.05, 0) is 33.7 Å². The fraction of sp³-hybridized carbons (Fsp3) is 0.846. The molecule has 0 aromatic carbocycles. The Hall–Kier alpha value is -0.680. The fourth-order valence-electron chi connectivity index (χ4n) is 1.88. The van der Waals surface area contributed by atoms with Gasteiger partial charge in [-0.3, -0.25) is 4.90 Å². The molecule has 18 heavy (non-hydrogen) atoms. The van der Waals surface area contributed by atoms with Gasteiger partial charge in [0.25, 0.3) is 0 Å². The maximum atomic E-state index is 4.25. The summed E-state index contributed by atoms with van der Waals surface area (Å²) >= 11 is 1.46. The second-order valence-electron chi connectivity index (χ2n) is 4.85. The first-order chi connectivity index (χ1) is 8.69. The van der Waals surface area contributed by atoms with Crippen LogP contribution in [0.25, 0.3) is 0 Å². The lowest BCUT2D eigenvalue weighted by Crippen LogP contribution is -2.31. The van der Waals surface area contributed by atoms with Gasteiger partial charge in [0.15, 0.2) is 0 Å². The smallest absolute Gasteiger partial charge is 0.134 e. The molecule has 0 saturated carbocycles. The number of anilines is 1. The van der Waals surface area contributed by atoms with E-state index in [2.05, 4.69) is 47.5 Å². The molecule has 1 aromatic heterocycles. The zero-order chi connectivity index (χ0) is 13.4. The second-order valence-corrected chi connectivity index (χ2v) is 5.60. The van der Waals surface area contributed by atoms with E-state index in [0.717, 1.165) is 30.3 Å². The summed E-state index contributed by atoms with van der Waals surface area (Å²) < 4.78 is 4.05. The van der Waals surface area contributed by atoms with Crippen molar-refractivity contribution in [2.75, 3.05) is 18.4 Å². The van der Waals surface area contributed by atoms with Crippen LogP contribution in [0.4, 0.5) is 5.00 Å². The van der Waals surface area contributed by atoms with Gasteiger partial charge in [0.2, 0.25) is 0 Å². The molecule has 0 saturated heterocycles. The number of aromatic nitrogens is 2. The van der Waals surface area contributed by atoms with E-state index < -0.39 is 0 Å². The first-order valence-electron chi connectivity index (χ1n) is 6.98. The molecule has 0 atom stereocenters. The van der Waals surface area contributed by atoms with Gasteiger partial charge < -0.3 is 5.32 Å². The van der Waals surface area contributed by atoms with E-state index in [4.69, 9.17) is 0 Å². The Morgan fingerprint density at radius 2 is 2.06 bits per heavy atom. The van der Waals surface area contributed by atoms with Crippen LogP contribution >= 0.6 is 11.5 Å². The van der Waals surface area contributed by atoms with E-state index in [9.17, 15) is 0 Å². The molecule has 0 unspecified atom stereocenters. The van der Waals surface area contributed by atoms with Gasteiger partial charge in [-0.1, -0.05) is 24.3 Å². The quantitative estimate of drug-likeness (QED) is 0.699. The molecule has 104 valence electrons. The Morgan fingerprint density at radius 1 is 1.28 bits per heavy atom. The molecule has 0 radical (unpaired) electrons. The summed E-state index contributed by atoms with van der Waals surface area (Å²) in [5, 5.41) is 8.71. The highest BCUT2D eigenvalue weighted by molar-refractivity contribution is 7.10. The highest BCUT2D eigenvalue weighted by atomic mass is 32.1. The van der Waals surface area contributed by atoms with Gasteiger partial charge in [0.05, 0.1) is 0 Å². The molecule has 0 bridgehead atoms. The van der Waals surface area contributed by atoms with Crippen LogP contribution in [0, 0.1) is 0 Å². The molecule has 1 rings (SSSR count). The van der Waals surface area contributed by atoms with Crippen molar-refractivity contribution in [3.8, 4) is 0 Å². The van der Waals surface area contributed by atoms with Crippen molar-refractivity contribution in [1.29, 1.82) is 0 Å². The van der Waals surface area contributed by atoms with E-state index in [1.54, 1.807) is 0 Å². The summed E-state index contributed by atoms with van der Waals surface area (Å²) in [5.41, 5.74) is 1.09. The van der Waals surface area contributed by atoms with Crippen molar-refractivity contribution < 1.29 is 0 Å². The largest absolute Gasteiger partial charge is 0.374 e. The summed E-state index contributed by atoms with van der Waals surface area (Å²) in [5.74, 6) is 0. The van der Waals surface area contributed by atoms with Gasteiger partial charge >= 0.3 is 0 Å². The minimum absolute atomic E-state index is 0.554. The highest BCUT2D eigenvalue weighted by Crippen LogP contribution is 2.20. The Balaban J connectivity index is 2.56. The molecular formula is C13H26N4S. The Bertz CT molecular complexity index is 325. The van der Waals surface area contributed by atoms with Crippen LogP contribution < -0.4 is 5.32 Å². The van der Waals surface area contributed by atoms with Crippen molar-refractivity contribution in [2.24, 2.45) is 0 Å². The molecule has 1 heterocycles. The van der Waals surface area contributed by atoms with Gasteiger partial charge in [0, 0.05) is 30.7 Å². The minimum Gasteiger partial charge on any atom is -0.374 e. The molecule has 1 N–H and O–H groups in total. The summed E-state index contributed by atoms with van der Waals surface area (Å²) in [6.45, 7) is 11.8. The van der Waals surface area contributed by atoms with E-state index in [1.165, 1.54) is 30.8 Å². The number of hydrogen-bond acceptors (Lipinski definition) is 5. The van der Waals surface area contributed by atoms with E-state index >= 15 is 0 Å². The molecule has 0 fully saturated rings. The van der Waals surface area contributed by atoms with Gasteiger partial charge in [0.1, 0.15) is 10.7 Å². The molecular weight excluding hydrogens is 244 g/mol. The second kappa shape index (κ2) is 8.43. The van der Waals surface area contributed by atoms with E-state index in [1.807, 2.05) is 0 Å². The molecule has 0 spiro atoms. The average Bonchev–Trinajstić information content (AvgIpc) is 2.76. The maximum absolute atomic E-state index is 4.25. The molecule has 0 aliphatic rings. The first-order valence-corrected chi connectivity index (χ1v) is 7.75. The molecule has 5 heteroatoms. The van der Waals surface area contributed by atoms with Crippen molar-refractivity contribution in [1.82, 2.24) is 14.5 Å². The van der Waals surface area contributed by atoms with Crippen LogP contribution in [0.5, 0.6) is 0 Å². The minimum atomic E-state index is 0.554. The standard InChI is InChI=1S/C13H26N4S/c1-5-7-8-9-17(11(3)4)10-12-13(14-6-2)18-16-15-12/h11,14H,5-10H2,1-4H3.